The molecule has 2 N–H and O–H groups in total. The second-order valence-corrected chi connectivity index (χ2v) is 8.34. The summed E-state index contributed by atoms with van der Waals surface area (Å²) in [6.07, 6.45) is 7.85. The van der Waals surface area contributed by atoms with Crippen molar-refractivity contribution in [2.45, 2.75) is 43.7 Å². The maximum atomic E-state index is 6.21. The Kier molecular flexibility index (Phi) is 4.63. The quantitative estimate of drug-likeness (QED) is 0.704. The van der Waals surface area contributed by atoms with Gasteiger partial charge < -0.3 is 15.4 Å². The number of benzene rings is 1. The summed E-state index contributed by atoms with van der Waals surface area (Å²) >= 11 is 1.71. The fraction of sp³-hybridized carbons (Fsp3) is 0.450. The fourth-order valence-electron chi connectivity index (χ4n) is 3.85. The smallest absolute Gasteiger partial charge is 0.236 e. The van der Waals surface area contributed by atoms with Gasteiger partial charge in [0.2, 0.25) is 5.88 Å². The molecule has 1 saturated carbocycles. The van der Waals surface area contributed by atoms with E-state index >= 15 is 0 Å². The molecule has 0 bridgehead atoms. The van der Waals surface area contributed by atoms with Gasteiger partial charge in [0.05, 0.1) is 10.2 Å². The van der Waals surface area contributed by atoms with Crippen molar-refractivity contribution in [1.29, 1.82) is 0 Å². The lowest BCUT2D eigenvalue weighted by Crippen LogP contribution is -2.43. The van der Waals surface area contributed by atoms with Crippen molar-refractivity contribution in [2.75, 3.05) is 18.4 Å². The van der Waals surface area contributed by atoms with Gasteiger partial charge in [-0.2, -0.15) is 0 Å². The highest BCUT2D eigenvalue weighted by atomic mass is 32.1. The zero-order valence-electron chi connectivity index (χ0n) is 15.1. The van der Waals surface area contributed by atoms with Gasteiger partial charge in [0.15, 0.2) is 5.13 Å². The lowest BCUT2D eigenvalue weighted by molar-refractivity contribution is 0.0998. The van der Waals surface area contributed by atoms with Crippen LogP contribution in [0.1, 0.15) is 37.3 Å². The van der Waals surface area contributed by atoms with Crippen molar-refractivity contribution in [2.24, 2.45) is 0 Å². The number of thiazole rings is 1. The van der Waals surface area contributed by atoms with E-state index in [0.29, 0.717) is 12.0 Å². The van der Waals surface area contributed by atoms with E-state index in [1.165, 1.54) is 4.70 Å². The summed E-state index contributed by atoms with van der Waals surface area (Å²) in [5.41, 5.74) is 2.09. The lowest BCUT2D eigenvalue weighted by atomic mass is 9.89. The number of anilines is 1. The van der Waals surface area contributed by atoms with Crippen molar-refractivity contribution >= 4 is 26.7 Å². The molecule has 0 spiro atoms. The summed E-state index contributed by atoms with van der Waals surface area (Å²) in [5, 5.41) is 7.94. The zero-order chi connectivity index (χ0) is 18.1. The van der Waals surface area contributed by atoms with Crippen LogP contribution in [0.3, 0.4) is 0 Å². The summed E-state index contributed by atoms with van der Waals surface area (Å²) in [6.45, 7) is 2.08. The predicted molar refractivity (Wildman–Crippen MR) is 108 cm³/mol. The van der Waals surface area contributed by atoms with Crippen LogP contribution in [0.25, 0.3) is 10.2 Å². The van der Waals surface area contributed by atoms with Gasteiger partial charge in [-0.3, -0.25) is 4.98 Å². The molecule has 1 aliphatic heterocycles. The lowest BCUT2D eigenvalue weighted by Gasteiger charge is -2.36. The molecule has 27 heavy (non-hydrogen) atoms. The Morgan fingerprint density at radius 2 is 1.89 bits per heavy atom. The zero-order valence-corrected chi connectivity index (χ0v) is 15.9. The largest absolute Gasteiger partial charge is 0.473 e. The van der Waals surface area contributed by atoms with E-state index in [-0.39, 0.29) is 6.10 Å². The predicted octanol–water partition coefficient (Wildman–Crippen LogP) is 3.58. The SMILES string of the molecule is c1ccc2sc(N[C@H]3C[C@H](Oc4nccnc4C4CCNCC4)C3)nc2c1. The molecule has 0 amide bonds. The highest BCUT2D eigenvalue weighted by molar-refractivity contribution is 7.22. The topological polar surface area (TPSA) is 72.0 Å². The van der Waals surface area contributed by atoms with E-state index in [1.807, 2.05) is 6.07 Å². The molecule has 2 aromatic heterocycles. The van der Waals surface area contributed by atoms with Crippen LogP contribution >= 0.6 is 11.3 Å². The molecule has 0 unspecified atom stereocenters. The van der Waals surface area contributed by atoms with Gasteiger partial charge in [-0.15, -0.1) is 0 Å². The maximum Gasteiger partial charge on any atom is 0.236 e. The van der Waals surface area contributed by atoms with Crippen LogP contribution in [0, 0.1) is 0 Å². The summed E-state index contributed by atoms with van der Waals surface area (Å²) in [4.78, 5) is 13.7. The van der Waals surface area contributed by atoms with Crippen LogP contribution in [0.4, 0.5) is 5.13 Å². The minimum Gasteiger partial charge on any atom is -0.473 e. The third kappa shape index (κ3) is 3.61. The van der Waals surface area contributed by atoms with Gasteiger partial charge in [0.25, 0.3) is 0 Å². The first kappa shape index (κ1) is 16.9. The number of nitrogens with zero attached hydrogens (tertiary/aromatic N) is 3. The van der Waals surface area contributed by atoms with Gasteiger partial charge in [-0.1, -0.05) is 23.5 Å². The highest BCUT2D eigenvalue weighted by Gasteiger charge is 2.33. The van der Waals surface area contributed by atoms with Crippen molar-refractivity contribution in [3.05, 3.63) is 42.4 Å². The van der Waals surface area contributed by atoms with Gasteiger partial charge >= 0.3 is 0 Å². The van der Waals surface area contributed by atoms with Gasteiger partial charge in [-0.25, -0.2) is 9.97 Å². The first-order valence-corrected chi connectivity index (χ1v) is 10.5. The number of nitrogens with one attached hydrogen (secondary N) is 2. The van der Waals surface area contributed by atoms with Gasteiger partial charge in [-0.05, 0) is 38.1 Å². The molecule has 1 aliphatic carbocycles. The first-order valence-electron chi connectivity index (χ1n) is 9.65. The third-order valence-corrected chi connectivity index (χ3v) is 6.38. The Bertz CT molecular complexity index is 884. The third-order valence-electron chi connectivity index (χ3n) is 5.41. The Hall–Kier alpha value is -2.25. The van der Waals surface area contributed by atoms with E-state index in [1.54, 1.807) is 23.7 Å². The van der Waals surface area contributed by atoms with Crippen molar-refractivity contribution in [1.82, 2.24) is 20.3 Å². The Morgan fingerprint density at radius 3 is 2.74 bits per heavy atom. The molecule has 0 radical (unpaired) electrons. The number of aromatic nitrogens is 3. The number of fused-ring (bicyclic) bond motifs is 1. The Labute approximate surface area is 162 Å². The highest BCUT2D eigenvalue weighted by Crippen LogP contribution is 2.34. The second kappa shape index (κ2) is 7.40. The summed E-state index contributed by atoms with van der Waals surface area (Å²) in [7, 11) is 0. The number of rotatable bonds is 5. The van der Waals surface area contributed by atoms with E-state index in [9.17, 15) is 0 Å². The van der Waals surface area contributed by atoms with Crippen LogP contribution in [0.2, 0.25) is 0 Å². The van der Waals surface area contributed by atoms with E-state index in [0.717, 1.165) is 61.0 Å². The molecule has 1 saturated heterocycles. The molecular weight excluding hydrogens is 358 g/mol. The van der Waals surface area contributed by atoms with Crippen molar-refractivity contribution in [3.63, 3.8) is 0 Å². The molecule has 1 aromatic carbocycles. The molecule has 2 aliphatic rings. The maximum absolute atomic E-state index is 6.21. The molecule has 140 valence electrons. The van der Waals surface area contributed by atoms with Crippen LogP contribution in [0.15, 0.2) is 36.7 Å². The minimum absolute atomic E-state index is 0.203. The number of ether oxygens (including phenoxy) is 1. The van der Waals surface area contributed by atoms with Gasteiger partial charge in [0.1, 0.15) is 11.8 Å². The number of hydrogen-bond acceptors (Lipinski definition) is 7. The standard InChI is InChI=1S/C20H23N5OS/c1-2-4-17-16(3-1)25-20(27-17)24-14-11-15(12-14)26-19-18(22-9-10-23-19)13-5-7-21-8-6-13/h1-4,9-10,13-15,21H,5-8,11-12H2,(H,24,25)/t14-,15-. The van der Waals surface area contributed by atoms with Crippen LogP contribution in [-0.4, -0.2) is 40.2 Å². The average Bonchev–Trinajstić information content (AvgIpc) is 3.10. The van der Waals surface area contributed by atoms with E-state index in [2.05, 4.69) is 43.8 Å². The first-order chi connectivity index (χ1) is 13.3. The molecule has 2 fully saturated rings. The molecule has 3 aromatic rings. The molecule has 6 nitrogen and oxygen atoms in total. The summed E-state index contributed by atoms with van der Waals surface area (Å²) in [6, 6.07) is 8.66. The van der Waals surface area contributed by atoms with Gasteiger partial charge in [0, 0.05) is 37.2 Å². The number of para-hydroxylation sites is 1. The van der Waals surface area contributed by atoms with Crippen molar-refractivity contribution < 1.29 is 4.74 Å². The minimum atomic E-state index is 0.203. The average molecular weight is 382 g/mol. The van der Waals surface area contributed by atoms with Crippen molar-refractivity contribution in [3.8, 4) is 5.88 Å². The number of piperidine rings is 1. The summed E-state index contributed by atoms with van der Waals surface area (Å²) in [5.74, 6) is 1.18. The molecule has 0 atom stereocenters. The fourth-order valence-corrected chi connectivity index (χ4v) is 4.79. The Morgan fingerprint density at radius 1 is 1.07 bits per heavy atom. The van der Waals surface area contributed by atoms with E-state index in [4.69, 9.17) is 4.74 Å². The normalized spacial score (nSPS) is 23.1. The number of hydrogen-bond donors (Lipinski definition) is 2. The molecule has 5 rings (SSSR count). The molecule has 3 heterocycles. The van der Waals surface area contributed by atoms with Crippen LogP contribution in [-0.2, 0) is 0 Å². The monoisotopic (exact) mass is 381 g/mol. The second-order valence-electron chi connectivity index (χ2n) is 7.31. The van der Waals surface area contributed by atoms with E-state index < -0.39 is 0 Å². The Balaban J connectivity index is 1.19. The van der Waals surface area contributed by atoms with Crippen LogP contribution < -0.4 is 15.4 Å². The summed E-state index contributed by atoms with van der Waals surface area (Å²) < 4.78 is 7.43. The molecular formula is C20H23N5OS. The molecule has 7 heteroatoms. The van der Waals surface area contributed by atoms with Crippen LogP contribution in [0.5, 0.6) is 5.88 Å².